The van der Waals surface area contributed by atoms with Gasteiger partial charge >= 0.3 is 12.6 Å². The van der Waals surface area contributed by atoms with Crippen LogP contribution in [-0.2, 0) is 9.53 Å². The van der Waals surface area contributed by atoms with Gasteiger partial charge in [-0.3, -0.25) is 4.79 Å². The molecule has 0 aliphatic heterocycles. The molecule has 0 unspecified atom stereocenters. The molecule has 1 atom stereocenters. The molecule has 0 bridgehead atoms. The molecule has 1 rings (SSSR count). The standard InChI is InChI=1S/C13H17F2NO3/c1-13(2,11(17)18-3)10(16)8-4-6-9(7-5-8)19-12(14)15/h4-7,10,12H,16H2,1-3H3/t10-/m1/s1. The first kappa shape index (κ1) is 15.4. The third kappa shape index (κ3) is 3.64. The predicted octanol–water partition coefficient (Wildman–Crippen LogP) is 2.49. The lowest BCUT2D eigenvalue weighted by molar-refractivity contribution is -0.152. The highest BCUT2D eigenvalue weighted by Gasteiger charge is 2.36. The quantitative estimate of drug-likeness (QED) is 0.837. The second-order valence-corrected chi connectivity index (χ2v) is 4.64. The van der Waals surface area contributed by atoms with E-state index in [9.17, 15) is 13.6 Å². The van der Waals surface area contributed by atoms with E-state index in [4.69, 9.17) is 10.5 Å². The molecule has 106 valence electrons. The number of rotatable bonds is 5. The zero-order chi connectivity index (χ0) is 14.6. The molecule has 2 N–H and O–H groups in total. The summed E-state index contributed by atoms with van der Waals surface area (Å²) in [6, 6.07) is 5.25. The Balaban J connectivity index is 2.88. The highest BCUT2D eigenvalue weighted by Crippen LogP contribution is 2.33. The van der Waals surface area contributed by atoms with E-state index in [1.165, 1.54) is 19.2 Å². The van der Waals surface area contributed by atoms with E-state index in [0.29, 0.717) is 5.56 Å². The third-order valence-electron chi connectivity index (χ3n) is 2.95. The van der Waals surface area contributed by atoms with Crippen LogP contribution in [0.3, 0.4) is 0 Å². The highest BCUT2D eigenvalue weighted by molar-refractivity contribution is 5.77. The zero-order valence-corrected chi connectivity index (χ0v) is 11.0. The van der Waals surface area contributed by atoms with Crippen molar-refractivity contribution in [3.63, 3.8) is 0 Å². The minimum Gasteiger partial charge on any atom is -0.469 e. The largest absolute Gasteiger partial charge is 0.469 e. The van der Waals surface area contributed by atoms with Crippen molar-refractivity contribution in [3.8, 4) is 5.75 Å². The molecule has 0 spiro atoms. The average molecular weight is 273 g/mol. The van der Waals surface area contributed by atoms with E-state index < -0.39 is 24.0 Å². The maximum Gasteiger partial charge on any atom is 0.387 e. The summed E-state index contributed by atoms with van der Waals surface area (Å²) in [6.07, 6.45) is 0. The van der Waals surface area contributed by atoms with Crippen LogP contribution in [-0.4, -0.2) is 19.7 Å². The summed E-state index contributed by atoms with van der Waals surface area (Å²) in [7, 11) is 1.29. The van der Waals surface area contributed by atoms with Crippen LogP contribution < -0.4 is 10.5 Å². The molecule has 4 nitrogen and oxygen atoms in total. The molecule has 0 amide bonds. The molecule has 0 heterocycles. The Bertz CT molecular complexity index is 432. The van der Waals surface area contributed by atoms with Gasteiger partial charge in [0, 0.05) is 6.04 Å². The van der Waals surface area contributed by atoms with Crippen LogP contribution in [0.1, 0.15) is 25.5 Å². The van der Waals surface area contributed by atoms with Gasteiger partial charge in [0.1, 0.15) is 5.75 Å². The summed E-state index contributed by atoms with van der Waals surface area (Å²) < 4.78 is 33.0. The number of carbonyl (C=O) groups is 1. The highest BCUT2D eigenvalue weighted by atomic mass is 19.3. The van der Waals surface area contributed by atoms with Gasteiger partial charge in [-0.1, -0.05) is 12.1 Å². The number of benzene rings is 1. The van der Waals surface area contributed by atoms with Crippen molar-refractivity contribution >= 4 is 5.97 Å². The minimum atomic E-state index is -2.87. The number of ether oxygens (including phenoxy) is 2. The molecule has 0 saturated heterocycles. The van der Waals surface area contributed by atoms with Gasteiger partial charge in [-0.05, 0) is 31.5 Å². The Morgan fingerprint density at radius 3 is 2.21 bits per heavy atom. The van der Waals surface area contributed by atoms with E-state index in [0.717, 1.165) is 0 Å². The van der Waals surface area contributed by atoms with Crippen molar-refractivity contribution in [1.29, 1.82) is 0 Å². The lowest BCUT2D eigenvalue weighted by atomic mass is 9.81. The summed E-state index contributed by atoms with van der Waals surface area (Å²) in [5.41, 5.74) is 5.73. The van der Waals surface area contributed by atoms with Gasteiger partial charge in [0.25, 0.3) is 0 Å². The summed E-state index contributed by atoms with van der Waals surface area (Å²) in [4.78, 5) is 11.6. The Kier molecular flexibility index (Phi) is 4.83. The van der Waals surface area contributed by atoms with Crippen LogP contribution in [0.2, 0.25) is 0 Å². The molecule has 0 saturated carbocycles. The smallest absolute Gasteiger partial charge is 0.387 e. The molecule has 19 heavy (non-hydrogen) atoms. The van der Waals surface area contributed by atoms with Crippen LogP contribution in [0.15, 0.2) is 24.3 Å². The van der Waals surface area contributed by atoms with Crippen molar-refractivity contribution in [3.05, 3.63) is 29.8 Å². The third-order valence-corrected chi connectivity index (χ3v) is 2.95. The van der Waals surface area contributed by atoms with E-state index in [1.807, 2.05) is 0 Å². The van der Waals surface area contributed by atoms with Crippen molar-refractivity contribution in [2.45, 2.75) is 26.5 Å². The van der Waals surface area contributed by atoms with Crippen molar-refractivity contribution in [2.75, 3.05) is 7.11 Å². The molecule has 1 aromatic rings. The first-order chi connectivity index (χ1) is 8.78. The number of methoxy groups -OCH3 is 1. The van der Waals surface area contributed by atoms with Gasteiger partial charge in [0.05, 0.1) is 12.5 Å². The normalized spacial score (nSPS) is 13.2. The van der Waals surface area contributed by atoms with Gasteiger partial charge in [-0.15, -0.1) is 0 Å². The lowest BCUT2D eigenvalue weighted by Crippen LogP contribution is -2.37. The van der Waals surface area contributed by atoms with Gasteiger partial charge in [0.2, 0.25) is 0 Å². The fourth-order valence-electron chi connectivity index (χ4n) is 1.66. The van der Waals surface area contributed by atoms with Gasteiger partial charge in [0.15, 0.2) is 0 Å². The first-order valence-corrected chi connectivity index (χ1v) is 5.67. The summed E-state index contributed by atoms with van der Waals surface area (Å²) in [6.45, 7) is 0.450. The number of nitrogens with two attached hydrogens (primary N) is 1. The molecular weight excluding hydrogens is 256 g/mol. The van der Waals surface area contributed by atoms with Crippen LogP contribution in [0.4, 0.5) is 8.78 Å². The first-order valence-electron chi connectivity index (χ1n) is 5.67. The second kappa shape index (κ2) is 5.97. The van der Waals surface area contributed by atoms with E-state index in [-0.39, 0.29) is 5.75 Å². The molecule has 0 aliphatic rings. The van der Waals surface area contributed by atoms with Crippen LogP contribution in [0, 0.1) is 5.41 Å². The minimum absolute atomic E-state index is 0.0434. The fourth-order valence-corrected chi connectivity index (χ4v) is 1.66. The lowest BCUT2D eigenvalue weighted by Gasteiger charge is -2.29. The monoisotopic (exact) mass is 273 g/mol. The van der Waals surface area contributed by atoms with E-state index >= 15 is 0 Å². The molecular formula is C13H17F2NO3. The molecule has 0 radical (unpaired) electrons. The molecule has 0 aromatic heterocycles. The van der Waals surface area contributed by atoms with Gasteiger partial charge in [-0.25, -0.2) is 0 Å². The van der Waals surface area contributed by atoms with Crippen molar-refractivity contribution < 1.29 is 23.0 Å². The summed E-state index contributed by atoms with van der Waals surface area (Å²) >= 11 is 0. The Labute approximate surface area is 110 Å². The number of halogens is 2. The number of hydrogen-bond acceptors (Lipinski definition) is 4. The Morgan fingerprint density at radius 2 is 1.79 bits per heavy atom. The summed E-state index contributed by atoms with van der Waals surface area (Å²) in [5, 5.41) is 0. The fraction of sp³-hybridized carbons (Fsp3) is 0.462. The molecule has 1 aromatic carbocycles. The summed E-state index contributed by atoms with van der Waals surface area (Å²) in [5.74, 6) is -0.394. The second-order valence-electron chi connectivity index (χ2n) is 4.64. The maximum absolute atomic E-state index is 12.0. The zero-order valence-electron chi connectivity index (χ0n) is 11.0. The van der Waals surface area contributed by atoms with Crippen molar-refractivity contribution in [2.24, 2.45) is 11.1 Å². The average Bonchev–Trinajstić information content (AvgIpc) is 2.37. The maximum atomic E-state index is 12.0. The molecule has 6 heteroatoms. The topological polar surface area (TPSA) is 61.5 Å². The number of hydrogen-bond donors (Lipinski definition) is 1. The van der Waals surface area contributed by atoms with E-state index in [1.54, 1.807) is 26.0 Å². The van der Waals surface area contributed by atoms with Crippen LogP contribution >= 0.6 is 0 Å². The number of alkyl halides is 2. The SMILES string of the molecule is COC(=O)C(C)(C)[C@H](N)c1ccc(OC(F)F)cc1. The van der Waals surface area contributed by atoms with Gasteiger partial charge in [-0.2, -0.15) is 8.78 Å². The van der Waals surface area contributed by atoms with Gasteiger partial charge < -0.3 is 15.2 Å². The number of esters is 1. The molecule has 0 aliphatic carbocycles. The Morgan fingerprint density at radius 1 is 1.26 bits per heavy atom. The number of carbonyl (C=O) groups excluding carboxylic acids is 1. The van der Waals surface area contributed by atoms with Crippen molar-refractivity contribution in [1.82, 2.24) is 0 Å². The van der Waals surface area contributed by atoms with Crippen LogP contribution in [0.25, 0.3) is 0 Å². The molecule has 0 fully saturated rings. The van der Waals surface area contributed by atoms with Crippen LogP contribution in [0.5, 0.6) is 5.75 Å². The van der Waals surface area contributed by atoms with E-state index in [2.05, 4.69) is 4.74 Å². The predicted molar refractivity (Wildman–Crippen MR) is 65.8 cm³/mol. The Hall–Kier alpha value is -1.69.